The Hall–Kier alpha value is -3.23. The quantitative estimate of drug-likeness (QED) is 0.278. The molecule has 1 fully saturated rings. The topological polar surface area (TPSA) is 72.6 Å². The fourth-order valence-corrected chi connectivity index (χ4v) is 4.45. The zero-order valence-electron chi connectivity index (χ0n) is 17.3. The van der Waals surface area contributed by atoms with Crippen molar-refractivity contribution in [3.8, 4) is 11.3 Å². The molecule has 0 spiro atoms. The largest absolute Gasteiger partial charge is 0.462 e. The average Bonchev–Trinajstić information content (AvgIpc) is 3.38. The number of amides is 1. The lowest BCUT2D eigenvalue weighted by Gasteiger charge is -2.13. The van der Waals surface area contributed by atoms with Gasteiger partial charge in [-0.3, -0.25) is 14.7 Å². The van der Waals surface area contributed by atoms with Crippen LogP contribution >= 0.6 is 24.0 Å². The van der Waals surface area contributed by atoms with E-state index in [1.165, 1.54) is 11.8 Å². The van der Waals surface area contributed by atoms with E-state index < -0.39 is 0 Å². The summed E-state index contributed by atoms with van der Waals surface area (Å²) in [5.41, 5.74) is 2.22. The third-order valence-electron chi connectivity index (χ3n) is 4.77. The highest BCUT2D eigenvalue weighted by Crippen LogP contribution is 2.33. The number of benzene rings is 1. The number of esters is 1. The van der Waals surface area contributed by atoms with Gasteiger partial charge in [-0.15, -0.1) is 0 Å². The highest BCUT2D eigenvalue weighted by molar-refractivity contribution is 8.26. The van der Waals surface area contributed by atoms with E-state index in [1.807, 2.05) is 24.3 Å². The van der Waals surface area contributed by atoms with E-state index >= 15 is 0 Å². The molecule has 0 bridgehead atoms. The van der Waals surface area contributed by atoms with Crippen LogP contribution in [0.4, 0.5) is 0 Å². The van der Waals surface area contributed by atoms with E-state index in [4.69, 9.17) is 21.4 Å². The number of thiocarbonyl (C=S) groups is 1. The number of furan rings is 1. The van der Waals surface area contributed by atoms with Crippen LogP contribution in [-0.4, -0.2) is 39.2 Å². The van der Waals surface area contributed by atoms with Crippen molar-refractivity contribution >= 4 is 46.3 Å². The van der Waals surface area contributed by atoms with E-state index in [0.717, 1.165) is 11.3 Å². The van der Waals surface area contributed by atoms with E-state index in [-0.39, 0.29) is 11.9 Å². The van der Waals surface area contributed by atoms with Gasteiger partial charge < -0.3 is 9.15 Å². The van der Waals surface area contributed by atoms with Crippen LogP contribution in [0.2, 0.25) is 0 Å². The maximum absolute atomic E-state index is 12.8. The van der Waals surface area contributed by atoms with Crippen LogP contribution in [0.3, 0.4) is 0 Å². The fraction of sp³-hybridized carbons (Fsp3) is 0.167. The van der Waals surface area contributed by atoms with E-state index in [2.05, 4.69) is 4.98 Å². The molecule has 162 valence electrons. The molecule has 4 rings (SSSR count). The molecule has 0 atom stereocenters. The zero-order valence-corrected chi connectivity index (χ0v) is 18.9. The standard InChI is InChI=1S/C24H20N2O4S2/c1-2-29-23(28)17-8-6-16(7-9-17)20-11-10-19(30-20)15-21-22(27)26(24(31)32-21)14-12-18-5-3-4-13-25-18/h3-11,13,15H,2,12,14H2,1H3/b21-15-. The Balaban J connectivity index is 1.44. The molecule has 1 aromatic carbocycles. The van der Waals surface area contributed by atoms with Crippen molar-refractivity contribution < 1.29 is 18.7 Å². The summed E-state index contributed by atoms with van der Waals surface area (Å²) in [4.78, 5) is 31.0. The Bertz CT molecular complexity index is 1170. The molecule has 1 aliphatic heterocycles. The number of carbonyl (C=O) groups is 2. The van der Waals surface area contributed by atoms with Gasteiger partial charge in [-0.05, 0) is 43.3 Å². The predicted molar refractivity (Wildman–Crippen MR) is 128 cm³/mol. The highest BCUT2D eigenvalue weighted by Gasteiger charge is 2.32. The minimum Gasteiger partial charge on any atom is -0.462 e. The minimum atomic E-state index is -0.357. The van der Waals surface area contributed by atoms with Crippen molar-refractivity contribution in [3.05, 3.63) is 82.7 Å². The Morgan fingerprint density at radius 3 is 2.72 bits per heavy atom. The number of hydrogen-bond donors (Lipinski definition) is 0. The molecule has 8 heteroatoms. The molecular formula is C24H20N2O4S2. The first kappa shape index (κ1) is 22.0. The zero-order chi connectivity index (χ0) is 22.5. The van der Waals surface area contributed by atoms with Crippen LogP contribution in [-0.2, 0) is 16.0 Å². The predicted octanol–water partition coefficient (Wildman–Crippen LogP) is 4.96. The molecule has 0 unspecified atom stereocenters. The second-order valence-electron chi connectivity index (χ2n) is 6.90. The number of carbonyl (C=O) groups excluding carboxylic acids is 2. The Morgan fingerprint density at radius 1 is 1.19 bits per heavy atom. The van der Waals surface area contributed by atoms with Crippen LogP contribution < -0.4 is 0 Å². The van der Waals surface area contributed by atoms with Gasteiger partial charge in [0.15, 0.2) is 0 Å². The summed E-state index contributed by atoms with van der Waals surface area (Å²) in [6.07, 6.45) is 4.07. The summed E-state index contributed by atoms with van der Waals surface area (Å²) in [7, 11) is 0. The molecule has 0 radical (unpaired) electrons. The number of hydrogen-bond acceptors (Lipinski definition) is 7. The van der Waals surface area contributed by atoms with Gasteiger partial charge in [0.2, 0.25) is 0 Å². The number of thioether (sulfide) groups is 1. The molecule has 0 N–H and O–H groups in total. The lowest BCUT2D eigenvalue weighted by Crippen LogP contribution is -2.30. The summed E-state index contributed by atoms with van der Waals surface area (Å²) in [6.45, 7) is 2.58. The van der Waals surface area contributed by atoms with Gasteiger partial charge >= 0.3 is 5.97 Å². The molecule has 1 saturated heterocycles. The monoisotopic (exact) mass is 464 g/mol. The first-order chi connectivity index (χ1) is 15.5. The molecule has 1 aliphatic rings. The van der Waals surface area contributed by atoms with Crippen molar-refractivity contribution in [1.29, 1.82) is 0 Å². The lowest BCUT2D eigenvalue weighted by atomic mass is 10.1. The van der Waals surface area contributed by atoms with Gasteiger partial charge in [-0.2, -0.15) is 0 Å². The van der Waals surface area contributed by atoms with E-state index in [0.29, 0.717) is 45.9 Å². The van der Waals surface area contributed by atoms with Crippen LogP contribution in [0, 0.1) is 0 Å². The molecule has 0 saturated carbocycles. The Labute approximate surface area is 195 Å². The summed E-state index contributed by atoms with van der Waals surface area (Å²) in [5, 5.41) is 0. The van der Waals surface area contributed by atoms with Crippen molar-refractivity contribution in [2.75, 3.05) is 13.2 Å². The number of rotatable bonds is 7. The number of ether oxygens (including phenoxy) is 1. The molecule has 32 heavy (non-hydrogen) atoms. The smallest absolute Gasteiger partial charge is 0.338 e. The summed E-state index contributed by atoms with van der Waals surface area (Å²) >= 11 is 6.66. The van der Waals surface area contributed by atoms with Crippen LogP contribution in [0.25, 0.3) is 17.4 Å². The minimum absolute atomic E-state index is 0.132. The van der Waals surface area contributed by atoms with Crippen molar-refractivity contribution in [2.45, 2.75) is 13.3 Å². The maximum atomic E-state index is 12.8. The van der Waals surface area contributed by atoms with Crippen LogP contribution in [0.1, 0.15) is 28.7 Å². The third-order valence-corrected chi connectivity index (χ3v) is 6.15. The van der Waals surface area contributed by atoms with Gasteiger partial charge in [-0.1, -0.05) is 42.2 Å². The molecule has 1 amide bonds. The second-order valence-corrected chi connectivity index (χ2v) is 8.58. The third kappa shape index (κ3) is 4.98. The number of pyridine rings is 1. The summed E-state index contributed by atoms with van der Waals surface area (Å²) in [6, 6.07) is 16.3. The Kier molecular flexibility index (Phi) is 6.82. The summed E-state index contributed by atoms with van der Waals surface area (Å²) < 4.78 is 11.4. The maximum Gasteiger partial charge on any atom is 0.338 e. The lowest BCUT2D eigenvalue weighted by molar-refractivity contribution is -0.122. The van der Waals surface area contributed by atoms with Gasteiger partial charge in [0.25, 0.3) is 5.91 Å². The van der Waals surface area contributed by atoms with E-state index in [9.17, 15) is 9.59 Å². The van der Waals surface area contributed by atoms with Gasteiger partial charge in [0, 0.05) is 36.5 Å². The SMILES string of the molecule is CCOC(=O)c1ccc(-c2ccc(/C=C3\SC(=S)N(CCc4ccccn4)C3=O)o2)cc1. The van der Waals surface area contributed by atoms with Crippen LogP contribution in [0.5, 0.6) is 0 Å². The first-order valence-electron chi connectivity index (χ1n) is 10.1. The van der Waals surface area contributed by atoms with E-state index in [1.54, 1.807) is 54.4 Å². The highest BCUT2D eigenvalue weighted by atomic mass is 32.2. The average molecular weight is 465 g/mol. The van der Waals surface area contributed by atoms with Crippen molar-refractivity contribution in [1.82, 2.24) is 9.88 Å². The van der Waals surface area contributed by atoms with Crippen molar-refractivity contribution in [3.63, 3.8) is 0 Å². The molecule has 0 aliphatic carbocycles. The number of nitrogens with zero attached hydrogens (tertiary/aromatic N) is 2. The molecular weight excluding hydrogens is 444 g/mol. The normalized spacial score (nSPS) is 14.9. The summed E-state index contributed by atoms with van der Waals surface area (Å²) in [5.74, 6) is 0.703. The second kappa shape index (κ2) is 9.93. The molecule has 3 heterocycles. The molecule has 3 aromatic rings. The van der Waals surface area contributed by atoms with Crippen LogP contribution in [0.15, 0.2) is 70.1 Å². The Morgan fingerprint density at radius 2 is 2.00 bits per heavy atom. The first-order valence-corrected chi connectivity index (χ1v) is 11.3. The van der Waals surface area contributed by atoms with Crippen molar-refractivity contribution in [2.24, 2.45) is 0 Å². The van der Waals surface area contributed by atoms with Gasteiger partial charge in [0.05, 0.1) is 17.1 Å². The molecule has 6 nitrogen and oxygen atoms in total. The number of aromatic nitrogens is 1. The van der Waals surface area contributed by atoms with Gasteiger partial charge in [-0.25, -0.2) is 4.79 Å². The van der Waals surface area contributed by atoms with Gasteiger partial charge in [0.1, 0.15) is 15.8 Å². The fourth-order valence-electron chi connectivity index (χ4n) is 3.16. The molecule has 2 aromatic heterocycles.